The van der Waals surface area contributed by atoms with Crippen molar-refractivity contribution in [3.8, 4) is 0 Å². The van der Waals surface area contributed by atoms with Crippen molar-refractivity contribution in [2.75, 3.05) is 4.90 Å². The largest absolute Gasteiger partial charge is 0.454 e. The monoisotopic (exact) mass is 678 g/mol. The highest BCUT2D eigenvalue weighted by Crippen LogP contribution is 2.50. The molecule has 53 heavy (non-hydrogen) atoms. The van der Waals surface area contributed by atoms with Crippen molar-refractivity contribution < 1.29 is 13.3 Å². The molecule has 5 heteroatoms. The first-order valence-electron chi connectivity index (χ1n) is 17.9. The summed E-state index contributed by atoms with van der Waals surface area (Å²) in [5.41, 5.74) is 11.5. The van der Waals surface area contributed by atoms with Gasteiger partial charge in [-0.25, -0.2) is 0 Å². The molecule has 0 atom stereocenters. The van der Waals surface area contributed by atoms with Crippen LogP contribution in [0, 0.1) is 0 Å². The predicted octanol–water partition coefficient (Wildman–Crippen LogP) is 14.0. The molecule has 0 aliphatic carbocycles. The van der Waals surface area contributed by atoms with E-state index in [2.05, 4.69) is 143 Å². The SMILES string of the molecule is c1ccc(N(c2cc3c4ccc5c6ccccc6oc5c4n4c3c(c2)c2ccc3c5ccccc5oc3c24)c2cccc3c2oc2ccccc23)cc1. The first-order valence-corrected chi connectivity index (χ1v) is 17.9. The third-order valence-electron chi connectivity index (χ3n) is 11.3. The van der Waals surface area contributed by atoms with E-state index in [1.807, 2.05) is 24.3 Å². The molecule has 0 amide bonds. The van der Waals surface area contributed by atoms with Crippen molar-refractivity contribution in [1.82, 2.24) is 4.40 Å². The van der Waals surface area contributed by atoms with E-state index in [0.717, 1.165) is 121 Å². The maximum Gasteiger partial charge on any atom is 0.160 e. The molecular formula is C48H26N2O3. The van der Waals surface area contributed by atoms with Crippen molar-refractivity contribution in [2.45, 2.75) is 0 Å². The van der Waals surface area contributed by atoms with Gasteiger partial charge < -0.3 is 22.6 Å². The Morgan fingerprint density at radius 3 is 1.34 bits per heavy atom. The summed E-state index contributed by atoms with van der Waals surface area (Å²) in [5.74, 6) is 0. The Balaban J connectivity index is 1.22. The number of furan rings is 3. The molecule has 13 aromatic rings. The quantitative estimate of drug-likeness (QED) is 0.187. The Morgan fingerprint density at radius 2 is 0.774 bits per heavy atom. The molecule has 5 heterocycles. The van der Waals surface area contributed by atoms with Crippen LogP contribution in [-0.4, -0.2) is 4.40 Å². The molecule has 246 valence electrons. The number of nitrogens with zero attached hydrogens (tertiary/aromatic N) is 2. The van der Waals surface area contributed by atoms with Gasteiger partial charge in [0.15, 0.2) is 16.7 Å². The van der Waals surface area contributed by atoms with E-state index in [1.54, 1.807) is 0 Å². The van der Waals surface area contributed by atoms with E-state index in [0.29, 0.717) is 0 Å². The lowest BCUT2D eigenvalue weighted by molar-refractivity contribution is 0.669. The fraction of sp³-hybridized carbons (Fsp3) is 0. The highest BCUT2D eigenvalue weighted by molar-refractivity contribution is 6.32. The second kappa shape index (κ2) is 9.75. The molecule has 0 saturated heterocycles. The lowest BCUT2D eigenvalue weighted by Gasteiger charge is -2.26. The fourth-order valence-corrected chi connectivity index (χ4v) is 9.08. The molecule has 0 N–H and O–H groups in total. The van der Waals surface area contributed by atoms with Crippen molar-refractivity contribution in [2.24, 2.45) is 0 Å². The lowest BCUT2D eigenvalue weighted by Crippen LogP contribution is -2.10. The van der Waals surface area contributed by atoms with Gasteiger partial charge in [-0.15, -0.1) is 0 Å². The van der Waals surface area contributed by atoms with Gasteiger partial charge in [-0.2, -0.15) is 0 Å². The summed E-state index contributed by atoms with van der Waals surface area (Å²) in [6, 6.07) is 55.6. The minimum Gasteiger partial charge on any atom is -0.454 e. The molecule has 0 spiro atoms. The second-order valence-corrected chi connectivity index (χ2v) is 14.0. The van der Waals surface area contributed by atoms with Crippen LogP contribution in [0.3, 0.4) is 0 Å². The number of hydrogen-bond donors (Lipinski definition) is 0. The highest BCUT2D eigenvalue weighted by atomic mass is 16.3. The Kier molecular flexibility index (Phi) is 5.06. The Morgan fingerprint density at radius 1 is 0.321 bits per heavy atom. The minimum atomic E-state index is 0.852. The van der Waals surface area contributed by atoms with Crippen LogP contribution in [0.1, 0.15) is 0 Å². The number of benzene rings is 8. The van der Waals surface area contributed by atoms with Crippen molar-refractivity contribution in [3.05, 3.63) is 158 Å². The Labute approximate surface area is 300 Å². The predicted molar refractivity (Wildman–Crippen MR) is 218 cm³/mol. The van der Waals surface area contributed by atoms with Crippen LogP contribution < -0.4 is 4.90 Å². The highest BCUT2D eigenvalue weighted by Gasteiger charge is 2.27. The first-order chi connectivity index (χ1) is 26.3. The minimum absolute atomic E-state index is 0.852. The molecular weight excluding hydrogens is 653 g/mol. The number of para-hydroxylation sites is 5. The van der Waals surface area contributed by atoms with Crippen molar-refractivity contribution >= 4 is 121 Å². The van der Waals surface area contributed by atoms with E-state index >= 15 is 0 Å². The van der Waals surface area contributed by atoms with Crippen LogP contribution >= 0.6 is 0 Å². The number of anilines is 3. The summed E-state index contributed by atoms with van der Waals surface area (Å²) < 4.78 is 22.6. The van der Waals surface area contributed by atoms with Gasteiger partial charge in [0.05, 0.1) is 22.2 Å². The average Bonchev–Trinajstić information content (AvgIpc) is 4.01. The van der Waals surface area contributed by atoms with Gasteiger partial charge in [0.25, 0.3) is 0 Å². The zero-order valence-electron chi connectivity index (χ0n) is 28.1. The molecule has 5 aromatic heterocycles. The average molecular weight is 679 g/mol. The third-order valence-corrected chi connectivity index (χ3v) is 11.3. The van der Waals surface area contributed by atoms with E-state index < -0.39 is 0 Å². The molecule has 13 rings (SSSR count). The van der Waals surface area contributed by atoms with Gasteiger partial charge in [0.1, 0.15) is 16.7 Å². The Hall–Kier alpha value is -7.24. The summed E-state index contributed by atoms with van der Waals surface area (Å²) >= 11 is 0. The maximum absolute atomic E-state index is 6.77. The molecule has 0 bridgehead atoms. The van der Waals surface area contributed by atoms with Crippen molar-refractivity contribution in [3.63, 3.8) is 0 Å². The summed E-state index contributed by atoms with van der Waals surface area (Å²) in [6.07, 6.45) is 0. The zero-order valence-corrected chi connectivity index (χ0v) is 28.1. The molecule has 0 unspecified atom stereocenters. The van der Waals surface area contributed by atoms with E-state index in [-0.39, 0.29) is 0 Å². The van der Waals surface area contributed by atoms with Crippen LogP contribution in [0.25, 0.3) is 104 Å². The smallest absolute Gasteiger partial charge is 0.160 e. The number of aromatic nitrogens is 1. The molecule has 5 nitrogen and oxygen atoms in total. The summed E-state index contributed by atoms with van der Waals surface area (Å²) in [7, 11) is 0. The fourth-order valence-electron chi connectivity index (χ4n) is 9.08. The summed E-state index contributed by atoms with van der Waals surface area (Å²) in [5, 5.41) is 11.2. The van der Waals surface area contributed by atoms with Gasteiger partial charge >= 0.3 is 0 Å². The molecule has 0 radical (unpaired) electrons. The standard InChI is InChI=1S/C48H26N2O3/c1-2-11-27(12-3-1)49(39-17-10-16-34-29-13-4-7-18-40(29)51-46(34)39)28-25-37-32-21-23-35-30-14-5-8-19-41(30)52-47(35)44(32)50-43(37)38(26-28)33-22-24-36-31-15-6-9-20-42(31)53-48(36)45(33)50/h1-26H. The van der Waals surface area contributed by atoms with Gasteiger partial charge in [-0.3, -0.25) is 0 Å². The molecule has 8 aromatic carbocycles. The van der Waals surface area contributed by atoms with E-state index in [1.165, 1.54) is 0 Å². The summed E-state index contributed by atoms with van der Waals surface area (Å²) in [6.45, 7) is 0. The molecule has 0 fully saturated rings. The molecule has 0 aliphatic rings. The number of rotatable bonds is 3. The van der Waals surface area contributed by atoms with Crippen LogP contribution in [-0.2, 0) is 0 Å². The van der Waals surface area contributed by atoms with Gasteiger partial charge in [-0.1, -0.05) is 97.1 Å². The zero-order chi connectivity index (χ0) is 34.4. The number of hydrogen-bond acceptors (Lipinski definition) is 4. The summed E-state index contributed by atoms with van der Waals surface area (Å²) in [4.78, 5) is 2.33. The molecule has 0 saturated carbocycles. The van der Waals surface area contributed by atoms with Crippen molar-refractivity contribution in [1.29, 1.82) is 0 Å². The lowest BCUT2D eigenvalue weighted by atomic mass is 10.0. The maximum atomic E-state index is 6.77. The third kappa shape index (κ3) is 3.46. The molecule has 0 aliphatic heterocycles. The van der Waals surface area contributed by atoms with Crippen LogP contribution in [0.5, 0.6) is 0 Å². The Bertz CT molecular complexity index is 3480. The van der Waals surface area contributed by atoms with Gasteiger partial charge in [0.2, 0.25) is 0 Å². The normalized spacial score (nSPS) is 12.5. The topological polar surface area (TPSA) is 47.1 Å². The van der Waals surface area contributed by atoms with E-state index in [9.17, 15) is 0 Å². The van der Waals surface area contributed by atoms with Crippen LogP contribution in [0.4, 0.5) is 17.1 Å². The second-order valence-electron chi connectivity index (χ2n) is 14.0. The number of fused-ring (bicyclic) bond motifs is 17. The first kappa shape index (κ1) is 27.5. The van der Waals surface area contributed by atoms with E-state index in [4.69, 9.17) is 13.3 Å². The van der Waals surface area contributed by atoms with Crippen LogP contribution in [0.2, 0.25) is 0 Å². The van der Waals surface area contributed by atoms with Gasteiger partial charge in [-0.05, 0) is 60.7 Å². The van der Waals surface area contributed by atoms with Gasteiger partial charge in [0, 0.05) is 65.2 Å². The van der Waals surface area contributed by atoms with Crippen LogP contribution in [0.15, 0.2) is 171 Å².